The van der Waals surface area contributed by atoms with E-state index in [0.717, 1.165) is 0 Å². The van der Waals surface area contributed by atoms with Gasteiger partial charge in [0.25, 0.3) is 0 Å². The molecule has 0 saturated carbocycles. The third-order valence-corrected chi connectivity index (χ3v) is 3.92. The number of alkyl halides is 1. The van der Waals surface area contributed by atoms with Crippen molar-refractivity contribution in [3.63, 3.8) is 0 Å². The fourth-order valence-electron chi connectivity index (χ4n) is 2.32. The molecule has 0 radical (unpaired) electrons. The summed E-state index contributed by atoms with van der Waals surface area (Å²) in [6.07, 6.45) is 0. The monoisotopic (exact) mass is 375 g/mol. The Bertz CT molecular complexity index is 702. The lowest BCUT2D eigenvalue weighted by Crippen LogP contribution is -2.12. The van der Waals surface area contributed by atoms with Crippen LogP contribution in [0.3, 0.4) is 0 Å². The molecule has 1 heterocycles. The Morgan fingerprint density at radius 1 is 1.24 bits per heavy atom. The van der Waals surface area contributed by atoms with E-state index in [1.54, 1.807) is 26.8 Å². The minimum atomic E-state index is -0.707. The number of ketones is 1. The summed E-state index contributed by atoms with van der Waals surface area (Å²) < 4.78 is 30.0. The van der Waals surface area contributed by atoms with Gasteiger partial charge in [-0.2, -0.15) is 0 Å². The summed E-state index contributed by atoms with van der Waals surface area (Å²) in [5.74, 6) is -1.68. The fraction of sp³-hybridized carbons (Fsp3) is 0.267. The van der Waals surface area contributed by atoms with Gasteiger partial charge in [0.1, 0.15) is 5.69 Å². The van der Waals surface area contributed by atoms with Gasteiger partial charge < -0.3 is 4.57 Å². The molecule has 2 nitrogen and oxygen atoms in total. The van der Waals surface area contributed by atoms with E-state index in [2.05, 4.69) is 15.9 Å². The van der Waals surface area contributed by atoms with Crippen LogP contribution in [0.25, 0.3) is 5.69 Å². The van der Waals surface area contributed by atoms with Crippen molar-refractivity contribution in [2.75, 3.05) is 0 Å². The van der Waals surface area contributed by atoms with Gasteiger partial charge in [0, 0.05) is 21.4 Å². The second-order valence-electron chi connectivity index (χ2n) is 4.82. The van der Waals surface area contributed by atoms with Crippen LogP contribution < -0.4 is 0 Å². The molecule has 2 rings (SSSR count). The van der Waals surface area contributed by atoms with Gasteiger partial charge in [0.2, 0.25) is 0 Å². The van der Waals surface area contributed by atoms with Crippen LogP contribution in [0.5, 0.6) is 0 Å². The molecular weight excluding hydrogens is 364 g/mol. The number of carbonyl (C=O) groups is 1. The number of hydrogen-bond acceptors (Lipinski definition) is 1. The van der Waals surface area contributed by atoms with Crippen molar-refractivity contribution >= 4 is 33.3 Å². The van der Waals surface area contributed by atoms with Gasteiger partial charge in [0.05, 0.1) is 5.38 Å². The number of Topliss-reactive ketones (excluding diaryl/α,β-unsaturated/α-hetero) is 1. The predicted octanol–water partition coefficient (Wildman–Crippen LogP) is 4.94. The SMILES string of the molecule is Cc1cc(C(=O)C(C)Cl)c(C)n1-c1c(F)cc(Br)cc1F. The summed E-state index contributed by atoms with van der Waals surface area (Å²) in [7, 11) is 0. The number of halogens is 4. The van der Waals surface area contributed by atoms with Gasteiger partial charge in [-0.3, -0.25) is 4.79 Å². The highest BCUT2D eigenvalue weighted by Gasteiger charge is 2.23. The smallest absolute Gasteiger partial charge is 0.182 e. The molecule has 0 aliphatic heterocycles. The zero-order valence-corrected chi connectivity index (χ0v) is 14.0. The molecule has 0 aliphatic carbocycles. The van der Waals surface area contributed by atoms with E-state index in [1.165, 1.54) is 16.7 Å². The minimum Gasteiger partial charge on any atom is -0.313 e. The predicted molar refractivity (Wildman–Crippen MR) is 82.5 cm³/mol. The molecule has 6 heteroatoms. The van der Waals surface area contributed by atoms with E-state index in [9.17, 15) is 13.6 Å². The van der Waals surface area contributed by atoms with Crippen molar-refractivity contribution in [3.05, 3.63) is 51.3 Å². The van der Waals surface area contributed by atoms with Gasteiger partial charge in [0.15, 0.2) is 17.4 Å². The van der Waals surface area contributed by atoms with Crippen molar-refractivity contribution in [2.24, 2.45) is 0 Å². The number of aryl methyl sites for hydroxylation is 1. The van der Waals surface area contributed by atoms with Crippen LogP contribution in [0.15, 0.2) is 22.7 Å². The van der Waals surface area contributed by atoms with E-state index < -0.39 is 17.0 Å². The Kier molecular flexibility index (Phi) is 4.54. The van der Waals surface area contributed by atoms with Crippen LogP contribution in [0.4, 0.5) is 8.78 Å². The largest absolute Gasteiger partial charge is 0.313 e. The molecule has 0 fully saturated rings. The summed E-state index contributed by atoms with van der Waals surface area (Å²) in [6.45, 7) is 4.89. The first kappa shape index (κ1) is 16.2. The van der Waals surface area contributed by atoms with E-state index in [-0.39, 0.29) is 11.5 Å². The maximum absolute atomic E-state index is 14.1. The fourth-order valence-corrected chi connectivity index (χ4v) is 2.84. The van der Waals surface area contributed by atoms with Gasteiger partial charge >= 0.3 is 0 Å². The van der Waals surface area contributed by atoms with Crippen molar-refractivity contribution in [1.29, 1.82) is 0 Å². The van der Waals surface area contributed by atoms with Crippen LogP contribution in [0.1, 0.15) is 28.7 Å². The molecule has 21 heavy (non-hydrogen) atoms. The van der Waals surface area contributed by atoms with Crippen LogP contribution in [-0.2, 0) is 0 Å². The Morgan fingerprint density at radius 3 is 2.24 bits per heavy atom. The van der Waals surface area contributed by atoms with Gasteiger partial charge in [-0.25, -0.2) is 8.78 Å². The van der Waals surface area contributed by atoms with Crippen LogP contribution >= 0.6 is 27.5 Å². The summed E-state index contributed by atoms with van der Waals surface area (Å²) in [5, 5.41) is -0.696. The third-order valence-electron chi connectivity index (χ3n) is 3.26. The maximum Gasteiger partial charge on any atom is 0.182 e. The van der Waals surface area contributed by atoms with E-state index in [0.29, 0.717) is 21.4 Å². The van der Waals surface area contributed by atoms with Gasteiger partial charge in [-0.15, -0.1) is 11.6 Å². The Labute approximate surface area is 134 Å². The second kappa shape index (κ2) is 5.89. The molecule has 0 amide bonds. The number of rotatable bonds is 3. The van der Waals surface area contributed by atoms with Crippen LogP contribution in [-0.4, -0.2) is 15.7 Å². The summed E-state index contributed by atoms with van der Waals surface area (Å²) in [6, 6.07) is 3.96. The molecule has 1 aromatic carbocycles. The third kappa shape index (κ3) is 2.90. The number of hydrogen-bond donors (Lipinski definition) is 0. The number of aromatic nitrogens is 1. The quantitative estimate of drug-likeness (QED) is 0.549. The molecule has 1 atom stereocenters. The zero-order valence-electron chi connectivity index (χ0n) is 11.7. The highest BCUT2D eigenvalue weighted by atomic mass is 79.9. The van der Waals surface area contributed by atoms with E-state index in [1.807, 2.05) is 0 Å². The van der Waals surface area contributed by atoms with Gasteiger partial charge in [-0.05, 0) is 39.0 Å². The maximum atomic E-state index is 14.1. The molecule has 0 N–H and O–H groups in total. The summed E-state index contributed by atoms with van der Waals surface area (Å²) in [4.78, 5) is 12.0. The lowest BCUT2D eigenvalue weighted by Gasteiger charge is -2.12. The highest BCUT2D eigenvalue weighted by Crippen LogP contribution is 2.28. The van der Waals surface area contributed by atoms with Crippen molar-refractivity contribution in [1.82, 2.24) is 4.57 Å². The van der Waals surface area contributed by atoms with Crippen molar-refractivity contribution in [2.45, 2.75) is 26.1 Å². The number of benzene rings is 1. The Balaban J connectivity index is 2.70. The number of carbonyl (C=O) groups excluding carboxylic acids is 1. The Morgan fingerprint density at radius 2 is 1.76 bits per heavy atom. The molecular formula is C15H13BrClF2NO. The molecule has 0 spiro atoms. The highest BCUT2D eigenvalue weighted by molar-refractivity contribution is 9.10. The van der Waals surface area contributed by atoms with Gasteiger partial charge in [-0.1, -0.05) is 15.9 Å². The molecule has 0 saturated heterocycles. The zero-order chi connectivity index (χ0) is 15.9. The second-order valence-corrected chi connectivity index (χ2v) is 6.39. The lowest BCUT2D eigenvalue weighted by atomic mass is 10.1. The molecule has 0 bridgehead atoms. The standard InChI is InChI=1S/C15H13BrClF2NO/c1-7-4-11(15(21)8(2)17)9(3)20(7)14-12(18)5-10(16)6-13(14)19/h4-6,8H,1-3H3. The van der Waals surface area contributed by atoms with Crippen LogP contribution in [0.2, 0.25) is 0 Å². The average molecular weight is 377 g/mol. The van der Waals surface area contributed by atoms with Crippen LogP contribution in [0, 0.1) is 25.5 Å². The topological polar surface area (TPSA) is 22.0 Å². The average Bonchev–Trinajstić information content (AvgIpc) is 2.64. The molecule has 2 aromatic rings. The molecule has 1 unspecified atom stereocenters. The van der Waals surface area contributed by atoms with Crippen molar-refractivity contribution < 1.29 is 13.6 Å². The molecule has 1 aromatic heterocycles. The normalized spacial score (nSPS) is 12.5. The first-order valence-electron chi connectivity index (χ1n) is 6.26. The Hall–Kier alpha value is -1.20. The summed E-state index contributed by atoms with van der Waals surface area (Å²) in [5.41, 5.74) is 1.20. The number of nitrogens with zero attached hydrogens (tertiary/aromatic N) is 1. The minimum absolute atomic E-state index is 0.200. The first-order valence-corrected chi connectivity index (χ1v) is 7.49. The first-order chi connectivity index (χ1) is 9.73. The van der Waals surface area contributed by atoms with E-state index >= 15 is 0 Å². The lowest BCUT2D eigenvalue weighted by molar-refractivity contribution is 0.0991. The van der Waals surface area contributed by atoms with Crippen molar-refractivity contribution in [3.8, 4) is 5.69 Å². The molecule has 0 aliphatic rings. The van der Waals surface area contributed by atoms with E-state index in [4.69, 9.17) is 11.6 Å². The summed E-state index contributed by atoms with van der Waals surface area (Å²) >= 11 is 8.86. The molecule has 112 valence electrons.